The Labute approximate surface area is 181 Å². The molecule has 2 aromatic rings. The van der Waals surface area contributed by atoms with Crippen molar-refractivity contribution in [1.29, 1.82) is 0 Å². The van der Waals surface area contributed by atoms with Crippen molar-refractivity contribution in [2.75, 3.05) is 35.0 Å². The van der Waals surface area contributed by atoms with E-state index < -0.39 is 12.1 Å². The third-order valence-electron chi connectivity index (χ3n) is 5.29. The van der Waals surface area contributed by atoms with E-state index in [2.05, 4.69) is 5.32 Å². The van der Waals surface area contributed by atoms with Gasteiger partial charge in [-0.05, 0) is 54.7 Å². The largest absolute Gasteiger partial charge is 0.493 e. The van der Waals surface area contributed by atoms with Crippen molar-refractivity contribution in [1.82, 2.24) is 5.32 Å². The van der Waals surface area contributed by atoms with Crippen LogP contribution in [0.25, 0.3) is 11.1 Å². The molecule has 1 amide bonds. The van der Waals surface area contributed by atoms with Crippen molar-refractivity contribution in [2.45, 2.75) is 25.8 Å². The van der Waals surface area contributed by atoms with Crippen molar-refractivity contribution in [2.24, 2.45) is 0 Å². The molecule has 166 valence electrons. The molecule has 0 radical (unpaired) electrons. The number of carbonyl (C=O) groups is 1. The summed E-state index contributed by atoms with van der Waals surface area (Å²) in [6, 6.07) is 6.36. The average Bonchev–Trinajstić information content (AvgIpc) is 3.01. The first-order chi connectivity index (χ1) is 15.0. The van der Waals surface area contributed by atoms with Crippen LogP contribution in [0.4, 0.5) is 4.79 Å². The van der Waals surface area contributed by atoms with Crippen LogP contribution in [0.15, 0.2) is 29.1 Å². The zero-order valence-electron chi connectivity index (χ0n) is 18.4. The van der Waals surface area contributed by atoms with Crippen molar-refractivity contribution in [3.8, 4) is 34.1 Å². The first kappa shape index (κ1) is 22.3. The standard InChI is InChI=1S/C23H27NO7/c1-6-31-23(26)24-16-9-7-13-11-19(28-3)21(29-4)22(30-5)20(13)14-8-10-18(27-2)17(25)12-15(14)16/h8,10-12,16H,6-7,9H2,1-5H3,(H,24,26). The lowest BCUT2D eigenvalue weighted by molar-refractivity contribution is 0.147. The monoisotopic (exact) mass is 429 g/mol. The van der Waals surface area contributed by atoms with E-state index in [0.29, 0.717) is 35.7 Å². The smallest absolute Gasteiger partial charge is 0.407 e. The molecule has 8 heteroatoms. The van der Waals surface area contributed by atoms with E-state index in [4.69, 9.17) is 23.7 Å². The van der Waals surface area contributed by atoms with E-state index in [1.54, 1.807) is 40.4 Å². The van der Waals surface area contributed by atoms with Gasteiger partial charge in [0, 0.05) is 5.56 Å². The zero-order chi connectivity index (χ0) is 22.5. The van der Waals surface area contributed by atoms with E-state index in [9.17, 15) is 9.59 Å². The summed E-state index contributed by atoms with van der Waals surface area (Å²) in [5.41, 5.74) is 2.81. The summed E-state index contributed by atoms with van der Waals surface area (Å²) in [5.74, 6) is 1.68. The Kier molecular flexibility index (Phi) is 6.89. The minimum Gasteiger partial charge on any atom is -0.493 e. The molecule has 3 rings (SSSR count). The van der Waals surface area contributed by atoms with Gasteiger partial charge in [-0.1, -0.05) is 6.07 Å². The van der Waals surface area contributed by atoms with Gasteiger partial charge in [-0.15, -0.1) is 0 Å². The maximum Gasteiger partial charge on any atom is 0.407 e. The second-order valence-corrected chi connectivity index (χ2v) is 6.91. The molecular formula is C23H27NO7. The minimum absolute atomic E-state index is 0.198. The number of alkyl carbamates (subject to hydrolysis) is 1. The van der Waals surface area contributed by atoms with Crippen LogP contribution in [0.3, 0.4) is 0 Å². The van der Waals surface area contributed by atoms with E-state index in [-0.39, 0.29) is 17.8 Å². The number of carbonyl (C=O) groups excluding carboxylic acids is 1. The number of ether oxygens (including phenoxy) is 5. The molecule has 0 saturated carbocycles. The molecule has 1 aliphatic carbocycles. The summed E-state index contributed by atoms with van der Waals surface area (Å²) in [4.78, 5) is 25.0. The van der Waals surface area contributed by atoms with Crippen LogP contribution in [-0.4, -0.2) is 41.1 Å². The molecule has 1 aliphatic rings. The molecule has 0 bridgehead atoms. The summed E-state index contributed by atoms with van der Waals surface area (Å²) in [7, 11) is 6.10. The summed E-state index contributed by atoms with van der Waals surface area (Å²) in [5, 5.41) is 2.88. The van der Waals surface area contributed by atoms with Gasteiger partial charge in [0.25, 0.3) is 0 Å². The van der Waals surface area contributed by atoms with Gasteiger partial charge in [0.1, 0.15) is 0 Å². The first-order valence-electron chi connectivity index (χ1n) is 9.96. The summed E-state index contributed by atoms with van der Waals surface area (Å²) < 4.78 is 27.1. The van der Waals surface area contributed by atoms with Gasteiger partial charge in [-0.2, -0.15) is 0 Å². The lowest BCUT2D eigenvalue weighted by Gasteiger charge is -2.19. The molecule has 1 N–H and O–H groups in total. The predicted octanol–water partition coefficient (Wildman–Crippen LogP) is 3.48. The number of aryl methyl sites for hydroxylation is 1. The number of hydrogen-bond donors (Lipinski definition) is 1. The number of benzene rings is 1. The van der Waals surface area contributed by atoms with Crippen LogP contribution in [-0.2, 0) is 11.2 Å². The van der Waals surface area contributed by atoms with Crippen LogP contribution < -0.4 is 29.7 Å². The number of hydrogen-bond acceptors (Lipinski definition) is 7. The van der Waals surface area contributed by atoms with Gasteiger partial charge >= 0.3 is 6.09 Å². The fourth-order valence-corrected chi connectivity index (χ4v) is 3.93. The Morgan fingerprint density at radius 1 is 1.00 bits per heavy atom. The molecule has 1 unspecified atom stereocenters. The van der Waals surface area contributed by atoms with E-state index in [1.165, 1.54) is 13.2 Å². The third kappa shape index (κ3) is 4.23. The highest BCUT2D eigenvalue weighted by Crippen LogP contribution is 2.50. The number of fused-ring (bicyclic) bond motifs is 3. The molecule has 1 atom stereocenters. The Morgan fingerprint density at radius 2 is 1.71 bits per heavy atom. The molecule has 31 heavy (non-hydrogen) atoms. The topological polar surface area (TPSA) is 92.3 Å². The number of rotatable bonds is 6. The van der Waals surface area contributed by atoms with Crippen molar-refractivity contribution in [3.05, 3.63) is 45.6 Å². The van der Waals surface area contributed by atoms with Crippen LogP contribution in [0.1, 0.15) is 30.5 Å². The highest BCUT2D eigenvalue weighted by atomic mass is 16.5. The average molecular weight is 429 g/mol. The molecule has 0 aromatic heterocycles. The van der Waals surface area contributed by atoms with Gasteiger partial charge < -0.3 is 29.0 Å². The Hall–Kier alpha value is -3.42. The van der Waals surface area contributed by atoms with Crippen molar-refractivity contribution in [3.63, 3.8) is 0 Å². The lowest BCUT2D eigenvalue weighted by atomic mass is 9.95. The summed E-state index contributed by atoms with van der Waals surface area (Å²) in [6.07, 6.45) is 0.605. The van der Waals surface area contributed by atoms with E-state index in [1.807, 2.05) is 6.07 Å². The van der Waals surface area contributed by atoms with Crippen molar-refractivity contribution < 1.29 is 28.5 Å². The molecule has 0 saturated heterocycles. The minimum atomic E-state index is -0.544. The quantitative estimate of drug-likeness (QED) is 0.751. The highest BCUT2D eigenvalue weighted by molar-refractivity contribution is 5.83. The third-order valence-corrected chi connectivity index (χ3v) is 5.29. The van der Waals surface area contributed by atoms with Gasteiger partial charge in [-0.3, -0.25) is 4.79 Å². The molecule has 0 fully saturated rings. The predicted molar refractivity (Wildman–Crippen MR) is 116 cm³/mol. The molecule has 0 heterocycles. The normalized spacial score (nSPS) is 14.4. The highest BCUT2D eigenvalue weighted by Gasteiger charge is 2.30. The van der Waals surface area contributed by atoms with Crippen molar-refractivity contribution >= 4 is 6.09 Å². The van der Waals surface area contributed by atoms with Crippen LogP contribution in [0, 0.1) is 0 Å². The molecular weight excluding hydrogens is 402 g/mol. The Morgan fingerprint density at radius 3 is 2.32 bits per heavy atom. The lowest BCUT2D eigenvalue weighted by Crippen LogP contribution is -2.29. The van der Waals surface area contributed by atoms with Gasteiger partial charge in [0.05, 0.1) is 41.1 Å². The molecule has 2 aromatic carbocycles. The maximum atomic E-state index is 12.7. The van der Waals surface area contributed by atoms with Gasteiger partial charge in [0.2, 0.25) is 11.2 Å². The Bertz CT molecular complexity index is 1040. The van der Waals surface area contributed by atoms with Gasteiger partial charge in [-0.25, -0.2) is 4.79 Å². The van der Waals surface area contributed by atoms with E-state index >= 15 is 0 Å². The summed E-state index contributed by atoms with van der Waals surface area (Å²) >= 11 is 0. The van der Waals surface area contributed by atoms with E-state index in [0.717, 1.165) is 16.7 Å². The number of nitrogens with one attached hydrogen (secondary N) is 1. The van der Waals surface area contributed by atoms with Crippen LogP contribution in [0.2, 0.25) is 0 Å². The Balaban J connectivity index is 2.33. The zero-order valence-corrected chi connectivity index (χ0v) is 18.4. The molecule has 8 nitrogen and oxygen atoms in total. The molecule has 0 spiro atoms. The van der Waals surface area contributed by atoms with Gasteiger partial charge in [0.15, 0.2) is 17.2 Å². The fourth-order valence-electron chi connectivity index (χ4n) is 3.93. The second kappa shape index (κ2) is 9.59. The number of methoxy groups -OCH3 is 4. The maximum absolute atomic E-state index is 12.7. The van der Waals surface area contributed by atoms with Crippen LogP contribution in [0.5, 0.6) is 23.0 Å². The van der Waals surface area contributed by atoms with Crippen LogP contribution >= 0.6 is 0 Å². The molecule has 0 aliphatic heterocycles. The summed E-state index contributed by atoms with van der Waals surface area (Å²) in [6.45, 7) is 1.98. The fraction of sp³-hybridized carbons (Fsp3) is 0.391. The second-order valence-electron chi connectivity index (χ2n) is 6.91. The SMILES string of the molecule is CCOC(=O)NC1CCc2cc(OC)c(OC)c(OC)c2-c2ccc(OC)c(=O)cc21. The number of amides is 1. The first-order valence-corrected chi connectivity index (χ1v) is 9.96.